The minimum absolute atomic E-state index is 0. The van der Waals surface area contributed by atoms with E-state index in [2.05, 4.69) is 13.8 Å². The van der Waals surface area contributed by atoms with Crippen molar-refractivity contribution in [3.8, 4) is 0 Å². The Morgan fingerprint density at radius 1 is 1.18 bits per heavy atom. The average Bonchev–Trinajstić information content (AvgIpc) is 3.52. The van der Waals surface area contributed by atoms with Crippen LogP contribution in [0.3, 0.4) is 0 Å². The molecule has 1 spiro atoms. The Hall–Kier alpha value is 1.84. The first-order chi connectivity index (χ1) is 13.2. The number of carbonyl (C=O) groups is 2. The van der Waals surface area contributed by atoms with Gasteiger partial charge in [0.2, 0.25) is 0 Å². The minimum Gasteiger partial charge on any atom is -0.481 e. The fourth-order valence-corrected chi connectivity index (χ4v) is 8.66. The number of ether oxygens (including phenoxy) is 1. The average molecular weight is 562 g/mol. The second-order valence-corrected chi connectivity index (χ2v) is 11.0. The molecule has 1 saturated heterocycles. The third kappa shape index (κ3) is 4.07. The SMILES string of the molecule is C[C@]12CCC(=O)C=C1[C@@H]1C[C@@H]1[C@H]1[C@@H]3CC[C@@](O)(CCC(=O)O)[C@@]3(C)CC3O[C@]312.S.S.S.S.[K+]. The van der Waals surface area contributed by atoms with E-state index < -0.39 is 11.6 Å². The van der Waals surface area contributed by atoms with Crippen molar-refractivity contribution in [3.63, 3.8) is 0 Å². The summed E-state index contributed by atoms with van der Waals surface area (Å²) in [5.74, 6) is 1.36. The van der Waals surface area contributed by atoms with Gasteiger partial charge in [0.05, 0.1) is 11.7 Å². The van der Waals surface area contributed by atoms with Crippen LogP contribution in [-0.4, -0.2) is 39.3 Å². The van der Waals surface area contributed by atoms with Crippen LogP contribution in [0.2, 0.25) is 0 Å². The summed E-state index contributed by atoms with van der Waals surface area (Å²) in [5.41, 5.74) is -0.0168. The first-order valence-electron chi connectivity index (χ1n) is 11.0. The van der Waals surface area contributed by atoms with Gasteiger partial charge in [-0.1, -0.05) is 19.4 Å². The van der Waals surface area contributed by atoms with Crippen LogP contribution in [0.1, 0.15) is 65.2 Å². The van der Waals surface area contributed by atoms with Crippen molar-refractivity contribution in [1.29, 1.82) is 0 Å². The second kappa shape index (κ2) is 10.2. The van der Waals surface area contributed by atoms with Crippen LogP contribution in [0.15, 0.2) is 11.6 Å². The van der Waals surface area contributed by atoms with Gasteiger partial charge in [-0.15, -0.1) is 0 Å². The number of carbonyl (C=O) groups excluding carboxylic acids is 1. The van der Waals surface area contributed by atoms with Crippen LogP contribution in [0.4, 0.5) is 0 Å². The van der Waals surface area contributed by atoms with Gasteiger partial charge in [0.15, 0.2) is 5.78 Å². The van der Waals surface area contributed by atoms with Crippen LogP contribution in [-0.2, 0) is 14.3 Å². The molecule has 10 heteroatoms. The summed E-state index contributed by atoms with van der Waals surface area (Å²) in [5, 5.41) is 20.8. The van der Waals surface area contributed by atoms with E-state index in [-0.39, 0.29) is 140 Å². The molecule has 0 aromatic heterocycles. The summed E-state index contributed by atoms with van der Waals surface area (Å²) in [6.45, 7) is 4.54. The molecule has 33 heavy (non-hydrogen) atoms. The number of epoxide rings is 1. The smallest absolute Gasteiger partial charge is 0.481 e. The fraction of sp³-hybridized carbons (Fsp3) is 0.826. The molecule has 5 aliphatic carbocycles. The van der Waals surface area contributed by atoms with E-state index in [1.807, 2.05) is 6.08 Å². The molecule has 1 unspecified atom stereocenters. The molecule has 0 aromatic rings. The molecule has 1 heterocycles. The first-order valence-corrected chi connectivity index (χ1v) is 11.0. The van der Waals surface area contributed by atoms with Gasteiger partial charge in [0.25, 0.3) is 0 Å². The zero-order valence-electron chi connectivity index (χ0n) is 19.7. The van der Waals surface area contributed by atoms with Gasteiger partial charge in [-0.2, -0.15) is 54.0 Å². The molecule has 5 nitrogen and oxygen atoms in total. The Bertz CT molecular complexity index is 857. The number of fused-ring (bicyclic) bond motifs is 6. The van der Waals surface area contributed by atoms with Gasteiger partial charge in [-0.3, -0.25) is 9.59 Å². The molecule has 6 aliphatic rings. The molecule has 9 atom stereocenters. The van der Waals surface area contributed by atoms with Gasteiger partial charge >= 0.3 is 57.4 Å². The summed E-state index contributed by atoms with van der Waals surface area (Å²) in [4.78, 5) is 23.3. The van der Waals surface area contributed by atoms with E-state index in [4.69, 9.17) is 4.74 Å². The van der Waals surface area contributed by atoms with E-state index >= 15 is 0 Å². The largest absolute Gasteiger partial charge is 1.00 e. The van der Waals surface area contributed by atoms with Gasteiger partial charge in [0.1, 0.15) is 5.60 Å². The predicted molar refractivity (Wildman–Crippen MR) is 142 cm³/mol. The van der Waals surface area contributed by atoms with Crippen molar-refractivity contribution in [2.24, 2.45) is 34.5 Å². The van der Waals surface area contributed by atoms with Crippen LogP contribution >= 0.6 is 54.0 Å². The molecule has 0 radical (unpaired) electrons. The molecule has 4 saturated carbocycles. The van der Waals surface area contributed by atoms with Crippen molar-refractivity contribution in [1.82, 2.24) is 0 Å². The van der Waals surface area contributed by atoms with Gasteiger partial charge in [-0.25, -0.2) is 0 Å². The van der Waals surface area contributed by atoms with E-state index in [9.17, 15) is 19.8 Å². The molecule has 184 valence electrons. The fourth-order valence-electron chi connectivity index (χ4n) is 8.66. The number of carboxylic acids is 1. The zero-order valence-corrected chi connectivity index (χ0v) is 26.9. The van der Waals surface area contributed by atoms with E-state index in [1.54, 1.807) is 0 Å². The number of rotatable bonds is 3. The van der Waals surface area contributed by atoms with Crippen LogP contribution in [0.25, 0.3) is 0 Å². The number of hydrogen-bond donors (Lipinski definition) is 2. The van der Waals surface area contributed by atoms with Gasteiger partial charge in [0, 0.05) is 23.7 Å². The predicted octanol–water partition coefficient (Wildman–Crippen LogP) is 0.557. The molecule has 0 aromatic carbocycles. The maximum atomic E-state index is 12.1. The molecule has 0 amide bonds. The molecule has 1 aliphatic heterocycles. The molecule has 5 fully saturated rings. The van der Waals surface area contributed by atoms with Crippen LogP contribution in [0.5, 0.6) is 0 Å². The summed E-state index contributed by atoms with van der Waals surface area (Å²) >= 11 is 0. The molecule has 6 rings (SSSR count). The molecule has 0 bridgehead atoms. The third-order valence-corrected chi connectivity index (χ3v) is 10.2. The number of carboxylic acid groups (broad SMARTS) is 1. The maximum absolute atomic E-state index is 12.1. The molecular formula is C23H38KO5S4+. The van der Waals surface area contributed by atoms with Crippen molar-refractivity contribution >= 4 is 65.7 Å². The van der Waals surface area contributed by atoms with Crippen LogP contribution < -0.4 is 51.4 Å². The monoisotopic (exact) mass is 561 g/mol. The van der Waals surface area contributed by atoms with Crippen LogP contribution in [0, 0.1) is 34.5 Å². The Labute approximate surface area is 267 Å². The topological polar surface area (TPSA) is 87.1 Å². The Morgan fingerprint density at radius 2 is 1.85 bits per heavy atom. The number of hydrogen-bond acceptors (Lipinski definition) is 4. The van der Waals surface area contributed by atoms with Crippen molar-refractivity contribution < 1.29 is 75.9 Å². The van der Waals surface area contributed by atoms with Gasteiger partial charge < -0.3 is 14.9 Å². The van der Waals surface area contributed by atoms with Crippen molar-refractivity contribution in [2.45, 2.75) is 82.5 Å². The van der Waals surface area contributed by atoms with E-state index in [1.165, 1.54) is 5.57 Å². The zero-order chi connectivity index (χ0) is 19.7. The first kappa shape index (κ1) is 32.9. The van der Waals surface area contributed by atoms with E-state index in [0.29, 0.717) is 42.9 Å². The maximum Gasteiger partial charge on any atom is 1.00 e. The third-order valence-electron chi connectivity index (χ3n) is 10.2. The summed E-state index contributed by atoms with van der Waals surface area (Å²) < 4.78 is 6.62. The van der Waals surface area contributed by atoms with E-state index in [0.717, 1.165) is 25.7 Å². The Morgan fingerprint density at radius 3 is 2.48 bits per heavy atom. The standard InChI is InChI=1S/C23H30O5.K.4H2S/c1-20-6-3-12(24)9-16(20)13-10-14(13)19-15-4-7-22(27,8-5-18(25)26)21(15,2)11-17-23(19,20)28-17;;;;;/h9,13-15,17,19,27H,3-8,10-11H2,1-2H3,(H,25,26);;4*1H2/q;+1;;;;/t13-,14+,15+,17?,19+,20+,21+,22-,23-;;;;;/m1...../s1. The summed E-state index contributed by atoms with van der Waals surface area (Å²) in [6, 6.07) is 0. The molecule has 2 N–H and O–H groups in total. The minimum atomic E-state index is -0.905. The number of aliphatic carboxylic acids is 1. The Kier molecular flexibility index (Phi) is 10.1. The van der Waals surface area contributed by atoms with Gasteiger partial charge in [-0.05, 0) is 68.3 Å². The van der Waals surface area contributed by atoms with Crippen molar-refractivity contribution in [2.75, 3.05) is 0 Å². The van der Waals surface area contributed by atoms with Crippen molar-refractivity contribution in [3.05, 3.63) is 11.6 Å². The summed E-state index contributed by atoms with van der Waals surface area (Å²) in [7, 11) is 0. The molecular weight excluding hydrogens is 524 g/mol. The second-order valence-electron chi connectivity index (χ2n) is 11.0. The number of ketones is 1. The Balaban J connectivity index is 0.00000109. The number of aliphatic hydroxyl groups is 1. The quantitative estimate of drug-likeness (QED) is 0.388. The summed E-state index contributed by atoms with van der Waals surface area (Å²) in [6.07, 6.45) is 7.59. The normalized spacial score (nSPS) is 49.1.